The molecule has 7 nitrogen and oxygen atoms in total. The molecule has 2 heterocycles. The van der Waals surface area contributed by atoms with Gasteiger partial charge < -0.3 is 15.0 Å². The van der Waals surface area contributed by atoms with Crippen molar-refractivity contribution < 1.29 is 14.3 Å². The molecule has 0 unspecified atom stereocenters. The molecule has 0 aliphatic rings. The second-order valence-electron chi connectivity index (χ2n) is 5.27. The summed E-state index contributed by atoms with van der Waals surface area (Å²) in [7, 11) is 0. The number of rotatable bonds is 5. The van der Waals surface area contributed by atoms with Crippen LogP contribution in [-0.4, -0.2) is 33.2 Å². The molecule has 0 spiro atoms. The Hall–Kier alpha value is -3.06. The van der Waals surface area contributed by atoms with Gasteiger partial charge in [-0.25, -0.2) is 9.48 Å². The molecule has 0 aliphatic carbocycles. The highest BCUT2D eigenvalue weighted by atomic mass is 35.5. The van der Waals surface area contributed by atoms with E-state index in [9.17, 15) is 9.59 Å². The first-order valence-corrected chi connectivity index (χ1v) is 7.84. The van der Waals surface area contributed by atoms with Crippen molar-refractivity contribution in [1.29, 1.82) is 0 Å². The normalized spacial score (nSPS) is 10.5. The smallest absolute Gasteiger partial charge is 0.355 e. The fraction of sp³-hybridized carbons (Fsp3) is 0.118. The van der Waals surface area contributed by atoms with Crippen molar-refractivity contribution >= 4 is 29.3 Å². The minimum atomic E-state index is -0.658. The van der Waals surface area contributed by atoms with E-state index in [0.717, 1.165) is 11.4 Å². The lowest BCUT2D eigenvalue weighted by atomic mass is 10.3. The van der Waals surface area contributed by atoms with E-state index in [1.807, 2.05) is 37.3 Å². The first-order chi connectivity index (χ1) is 12.0. The van der Waals surface area contributed by atoms with Crippen LogP contribution in [0.2, 0.25) is 5.02 Å². The van der Waals surface area contributed by atoms with Crippen LogP contribution in [0.3, 0.4) is 0 Å². The van der Waals surface area contributed by atoms with Crippen molar-refractivity contribution in [3.05, 3.63) is 65.1 Å². The maximum atomic E-state index is 12.1. The van der Waals surface area contributed by atoms with Crippen molar-refractivity contribution in [2.45, 2.75) is 6.92 Å². The van der Waals surface area contributed by atoms with Crippen LogP contribution >= 0.6 is 11.6 Å². The summed E-state index contributed by atoms with van der Waals surface area (Å²) in [4.78, 5) is 26.5. The standard InChI is InChI=1S/C17H15ClN4O3/c1-11-7-15(22(21-11)13-5-3-2-4-6-13)20-16(23)10-25-17(24)14-8-12(18)9-19-14/h2-9,19H,10H2,1H3,(H,20,23). The third-order valence-electron chi connectivity index (χ3n) is 3.30. The number of esters is 1. The summed E-state index contributed by atoms with van der Waals surface area (Å²) in [6, 6.07) is 12.5. The van der Waals surface area contributed by atoms with Crippen LogP contribution in [0.25, 0.3) is 5.69 Å². The Balaban J connectivity index is 1.65. The van der Waals surface area contributed by atoms with Crippen LogP contribution in [0.1, 0.15) is 16.2 Å². The molecule has 25 heavy (non-hydrogen) atoms. The number of H-pyrrole nitrogens is 1. The van der Waals surface area contributed by atoms with Crippen LogP contribution < -0.4 is 5.32 Å². The van der Waals surface area contributed by atoms with Gasteiger partial charge in [-0.05, 0) is 25.1 Å². The number of hydrogen-bond donors (Lipinski definition) is 2. The van der Waals surface area contributed by atoms with Gasteiger partial charge in [0.25, 0.3) is 5.91 Å². The van der Waals surface area contributed by atoms with Crippen molar-refractivity contribution in [2.24, 2.45) is 0 Å². The average molecular weight is 359 g/mol. The highest BCUT2D eigenvalue weighted by Gasteiger charge is 2.14. The zero-order valence-electron chi connectivity index (χ0n) is 13.3. The van der Waals surface area contributed by atoms with Gasteiger partial charge in [-0.1, -0.05) is 29.8 Å². The molecule has 2 aromatic heterocycles. The minimum Gasteiger partial charge on any atom is -0.451 e. The molecule has 1 amide bonds. The molecule has 0 radical (unpaired) electrons. The fourth-order valence-corrected chi connectivity index (χ4v) is 2.39. The molecule has 0 atom stereocenters. The average Bonchev–Trinajstić information content (AvgIpc) is 3.19. The van der Waals surface area contributed by atoms with Crippen LogP contribution in [0.5, 0.6) is 0 Å². The van der Waals surface area contributed by atoms with Gasteiger partial charge in [0.1, 0.15) is 11.5 Å². The second-order valence-corrected chi connectivity index (χ2v) is 5.71. The Labute approximate surface area is 148 Å². The lowest BCUT2D eigenvalue weighted by Crippen LogP contribution is -2.22. The van der Waals surface area contributed by atoms with Crippen LogP contribution in [-0.2, 0) is 9.53 Å². The predicted molar refractivity (Wildman–Crippen MR) is 93.0 cm³/mol. The summed E-state index contributed by atoms with van der Waals surface area (Å²) in [6.45, 7) is 1.40. The number of aromatic amines is 1. The van der Waals surface area contributed by atoms with E-state index in [-0.39, 0.29) is 5.69 Å². The van der Waals surface area contributed by atoms with E-state index in [2.05, 4.69) is 15.4 Å². The number of carbonyl (C=O) groups is 2. The molecule has 0 fully saturated rings. The van der Waals surface area contributed by atoms with Crippen LogP contribution in [0.15, 0.2) is 48.7 Å². The third kappa shape index (κ3) is 4.07. The Morgan fingerprint density at radius 1 is 1.28 bits per heavy atom. The molecule has 3 rings (SSSR count). The fourth-order valence-electron chi connectivity index (χ4n) is 2.23. The monoisotopic (exact) mass is 358 g/mol. The molecule has 1 aromatic carbocycles. The lowest BCUT2D eigenvalue weighted by molar-refractivity contribution is -0.119. The summed E-state index contributed by atoms with van der Waals surface area (Å²) in [5, 5.41) is 7.43. The Bertz CT molecular complexity index is 902. The van der Waals surface area contributed by atoms with Crippen molar-refractivity contribution in [3.8, 4) is 5.69 Å². The van der Waals surface area contributed by atoms with Gasteiger partial charge in [0.05, 0.1) is 16.4 Å². The predicted octanol–water partition coefficient (Wildman–Crippen LogP) is 2.96. The van der Waals surface area contributed by atoms with Gasteiger partial charge in [-0.15, -0.1) is 0 Å². The van der Waals surface area contributed by atoms with Crippen molar-refractivity contribution in [1.82, 2.24) is 14.8 Å². The molecule has 0 aliphatic heterocycles. The number of anilines is 1. The molecule has 0 saturated heterocycles. The van der Waals surface area contributed by atoms with Gasteiger partial charge in [-0.2, -0.15) is 5.10 Å². The summed E-state index contributed by atoms with van der Waals surface area (Å²) in [5.74, 6) is -0.634. The van der Waals surface area contributed by atoms with Crippen LogP contribution in [0, 0.1) is 6.92 Å². The molecule has 2 N–H and O–H groups in total. The molecule has 0 saturated carbocycles. The zero-order valence-corrected chi connectivity index (χ0v) is 14.1. The lowest BCUT2D eigenvalue weighted by Gasteiger charge is -2.09. The number of aromatic nitrogens is 3. The quantitative estimate of drug-likeness (QED) is 0.686. The van der Waals surface area contributed by atoms with Crippen molar-refractivity contribution in [3.63, 3.8) is 0 Å². The SMILES string of the molecule is Cc1cc(NC(=O)COC(=O)c2cc(Cl)c[nH]2)n(-c2ccccc2)n1. The molecule has 3 aromatic rings. The first kappa shape index (κ1) is 16.8. The maximum absolute atomic E-state index is 12.1. The van der Waals surface area contributed by atoms with Gasteiger partial charge in [0.15, 0.2) is 6.61 Å². The Kier molecular flexibility index (Phi) is 4.85. The van der Waals surface area contributed by atoms with E-state index in [4.69, 9.17) is 16.3 Å². The molecular weight excluding hydrogens is 344 g/mol. The number of para-hydroxylation sites is 1. The summed E-state index contributed by atoms with van der Waals surface area (Å²) in [6.07, 6.45) is 1.46. The number of nitrogens with zero attached hydrogens (tertiary/aromatic N) is 2. The molecule has 8 heteroatoms. The molecule has 128 valence electrons. The van der Waals surface area contributed by atoms with E-state index in [1.165, 1.54) is 12.3 Å². The minimum absolute atomic E-state index is 0.183. The number of nitrogens with one attached hydrogen (secondary N) is 2. The first-order valence-electron chi connectivity index (χ1n) is 7.46. The number of halogens is 1. The number of amides is 1. The summed E-state index contributed by atoms with van der Waals surface area (Å²) >= 11 is 5.72. The number of carbonyl (C=O) groups excluding carboxylic acids is 2. The van der Waals surface area contributed by atoms with E-state index < -0.39 is 18.5 Å². The molecular formula is C17H15ClN4O3. The van der Waals surface area contributed by atoms with E-state index in [0.29, 0.717) is 10.8 Å². The highest BCUT2D eigenvalue weighted by Crippen LogP contribution is 2.17. The molecule has 0 bridgehead atoms. The van der Waals surface area contributed by atoms with Gasteiger partial charge >= 0.3 is 5.97 Å². The third-order valence-corrected chi connectivity index (χ3v) is 3.52. The van der Waals surface area contributed by atoms with Gasteiger partial charge in [0.2, 0.25) is 0 Å². The van der Waals surface area contributed by atoms with Crippen molar-refractivity contribution in [2.75, 3.05) is 11.9 Å². The van der Waals surface area contributed by atoms with Gasteiger partial charge in [0, 0.05) is 12.3 Å². The number of aryl methyl sites for hydroxylation is 1. The number of benzene rings is 1. The Morgan fingerprint density at radius 2 is 2.04 bits per heavy atom. The van der Waals surface area contributed by atoms with E-state index >= 15 is 0 Å². The topological polar surface area (TPSA) is 89.0 Å². The highest BCUT2D eigenvalue weighted by molar-refractivity contribution is 6.30. The van der Waals surface area contributed by atoms with E-state index in [1.54, 1.807) is 10.7 Å². The number of ether oxygens (including phenoxy) is 1. The van der Waals surface area contributed by atoms with Crippen LogP contribution in [0.4, 0.5) is 5.82 Å². The largest absolute Gasteiger partial charge is 0.451 e. The second kappa shape index (κ2) is 7.23. The zero-order chi connectivity index (χ0) is 17.8. The maximum Gasteiger partial charge on any atom is 0.355 e. The Morgan fingerprint density at radius 3 is 2.72 bits per heavy atom. The summed E-state index contributed by atoms with van der Waals surface area (Å²) < 4.78 is 6.57. The number of hydrogen-bond acceptors (Lipinski definition) is 4. The van der Waals surface area contributed by atoms with Gasteiger partial charge in [-0.3, -0.25) is 4.79 Å². The summed E-state index contributed by atoms with van der Waals surface area (Å²) in [5.41, 5.74) is 1.74.